The minimum Gasteiger partial charge on any atom is -0.481 e. The number of carboxylic acids is 1. The summed E-state index contributed by atoms with van der Waals surface area (Å²) in [4.78, 5) is 11.3. The molecule has 96 valence electrons. The summed E-state index contributed by atoms with van der Waals surface area (Å²) in [5.74, 6) is -0.698. The normalized spacial score (nSPS) is 16.1. The van der Waals surface area contributed by atoms with E-state index in [-0.39, 0.29) is 0 Å². The highest BCUT2D eigenvalue weighted by molar-refractivity contribution is 5.85. The first-order chi connectivity index (χ1) is 9.13. The summed E-state index contributed by atoms with van der Waals surface area (Å²) >= 11 is 0. The van der Waals surface area contributed by atoms with Crippen LogP contribution in [0.15, 0.2) is 48.5 Å². The topological polar surface area (TPSA) is 37.3 Å². The molecule has 1 N–H and O–H groups in total. The summed E-state index contributed by atoms with van der Waals surface area (Å²) in [6, 6.07) is 16.2. The molecule has 0 bridgehead atoms. The molecule has 2 nitrogen and oxygen atoms in total. The molecule has 3 rings (SSSR count). The van der Waals surface area contributed by atoms with Gasteiger partial charge in [-0.1, -0.05) is 48.5 Å². The lowest BCUT2D eigenvalue weighted by Gasteiger charge is -2.11. The van der Waals surface area contributed by atoms with E-state index in [2.05, 4.69) is 19.1 Å². The molecule has 2 aromatic rings. The molecule has 1 aliphatic rings. The molecule has 0 atom stereocenters. The van der Waals surface area contributed by atoms with Gasteiger partial charge in [0.2, 0.25) is 0 Å². The third-order valence-corrected chi connectivity index (χ3v) is 4.05. The van der Waals surface area contributed by atoms with E-state index in [1.165, 1.54) is 11.1 Å². The van der Waals surface area contributed by atoms with Crippen molar-refractivity contribution < 1.29 is 9.90 Å². The zero-order valence-corrected chi connectivity index (χ0v) is 10.9. The Hall–Kier alpha value is -2.09. The SMILES string of the molecule is Cc1ccccc1-c1ccc(C2(C(=O)O)CC2)cc1. The Morgan fingerprint density at radius 3 is 2.21 bits per heavy atom. The van der Waals surface area contributed by atoms with Crippen molar-refractivity contribution in [1.29, 1.82) is 0 Å². The van der Waals surface area contributed by atoms with Gasteiger partial charge in [-0.25, -0.2) is 0 Å². The molecule has 1 fully saturated rings. The van der Waals surface area contributed by atoms with Crippen LogP contribution >= 0.6 is 0 Å². The lowest BCUT2D eigenvalue weighted by atomic mass is 9.93. The van der Waals surface area contributed by atoms with E-state index < -0.39 is 11.4 Å². The summed E-state index contributed by atoms with van der Waals surface area (Å²) in [5.41, 5.74) is 3.90. The van der Waals surface area contributed by atoms with Crippen molar-refractivity contribution in [2.24, 2.45) is 0 Å². The number of rotatable bonds is 3. The van der Waals surface area contributed by atoms with Crippen molar-refractivity contribution in [3.05, 3.63) is 59.7 Å². The number of hydrogen-bond donors (Lipinski definition) is 1. The maximum atomic E-state index is 11.3. The minimum absolute atomic E-state index is 0.607. The summed E-state index contributed by atoms with van der Waals surface area (Å²) in [5, 5.41) is 9.29. The quantitative estimate of drug-likeness (QED) is 0.902. The largest absolute Gasteiger partial charge is 0.481 e. The molecular formula is C17H16O2. The van der Waals surface area contributed by atoms with E-state index in [0.717, 1.165) is 24.0 Å². The molecule has 2 heteroatoms. The van der Waals surface area contributed by atoms with Crippen molar-refractivity contribution in [2.75, 3.05) is 0 Å². The fraction of sp³-hybridized carbons (Fsp3) is 0.235. The Bertz CT molecular complexity index is 622. The minimum atomic E-state index is -0.698. The van der Waals surface area contributed by atoms with E-state index in [1.807, 2.05) is 36.4 Å². The van der Waals surface area contributed by atoms with Gasteiger partial charge in [0.1, 0.15) is 0 Å². The first kappa shape index (κ1) is 12.0. The van der Waals surface area contributed by atoms with E-state index in [4.69, 9.17) is 0 Å². The molecule has 0 amide bonds. The van der Waals surface area contributed by atoms with Crippen LogP contribution in [0.25, 0.3) is 11.1 Å². The zero-order valence-electron chi connectivity index (χ0n) is 10.9. The fourth-order valence-corrected chi connectivity index (χ4v) is 2.62. The van der Waals surface area contributed by atoms with Gasteiger partial charge in [0.15, 0.2) is 0 Å². The Labute approximate surface area is 112 Å². The molecule has 1 aliphatic carbocycles. The van der Waals surface area contributed by atoms with E-state index in [0.29, 0.717) is 0 Å². The Balaban J connectivity index is 1.96. The van der Waals surface area contributed by atoms with Crippen LogP contribution in [0, 0.1) is 6.92 Å². The van der Waals surface area contributed by atoms with Crippen LogP contribution in [0.3, 0.4) is 0 Å². The summed E-state index contributed by atoms with van der Waals surface area (Å²) in [7, 11) is 0. The van der Waals surface area contributed by atoms with Crippen LogP contribution in [0.1, 0.15) is 24.0 Å². The van der Waals surface area contributed by atoms with Crippen LogP contribution in [0.5, 0.6) is 0 Å². The van der Waals surface area contributed by atoms with E-state index >= 15 is 0 Å². The number of aliphatic carboxylic acids is 1. The highest BCUT2D eigenvalue weighted by Gasteiger charge is 2.51. The third-order valence-electron chi connectivity index (χ3n) is 4.05. The first-order valence-electron chi connectivity index (χ1n) is 6.53. The molecule has 0 aromatic heterocycles. The monoisotopic (exact) mass is 252 g/mol. The highest BCUT2D eigenvalue weighted by Crippen LogP contribution is 2.48. The second kappa shape index (κ2) is 4.23. The Morgan fingerprint density at radius 2 is 1.68 bits per heavy atom. The molecule has 0 saturated heterocycles. The smallest absolute Gasteiger partial charge is 0.314 e. The van der Waals surface area contributed by atoms with Gasteiger partial charge in [-0.2, -0.15) is 0 Å². The van der Waals surface area contributed by atoms with Crippen LogP contribution in [0.2, 0.25) is 0 Å². The third kappa shape index (κ3) is 1.93. The number of carbonyl (C=O) groups is 1. The maximum absolute atomic E-state index is 11.3. The molecule has 19 heavy (non-hydrogen) atoms. The van der Waals surface area contributed by atoms with Gasteiger partial charge in [-0.15, -0.1) is 0 Å². The van der Waals surface area contributed by atoms with Gasteiger partial charge in [-0.3, -0.25) is 4.79 Å². The predicted octanol–water partition coefficient (Wildman–Crippen LogP) is 3.78. The fourth-order valence-electron chi connectivity index (χ4n) is 2.62. The predicted molar refractivity (Wildman–Crippen MR) is 75.2 cm³/mol. The average molecular weight is 252 g/mol. The van der Waals surface area contributed by atoms with Gasteiger partial charge in [0, 0.05) is 0 Å². The molecule has 0 spiro atoms. The van der Waals surface area contributed by atoms with Crippen LogP contribution in [0.4, 0.5) is 0 Å². The summed E-state index contributed by atoms with van der Waals surface area (Å²) < 4.78 is 0. The van der Waals surface area contributed by atoms with E-state index in [1.54, 1.807) is 0 Å². The van der Waals surface area contributed by atoms with Crippen molar-refractivity contribution in [3.8, 4) is 11.1 Å². The molecular weight excluding hydrogens is 236 g/mol. The average Bonchev–Trinajstić information content (AvgIpc) is 3.21. The molecule has 1 saturated carbocycles. The lowest BCUT2D eigenvalue weighted by Crippen LogP contribution is -2.19. The standard InChI is InChI=1S/C17H16O2/c1-12-4-2-3-5-15(12)13-6-8-14(9-7-13)17(10-11-17)16(18)19/h2-9H,10-11H2,1H3,(H,18,19). The van der Waals surface area contributed by atoms with Crippen LogP contribution in [-0.2, 0) is 10.2 Å². The summed E-state index contributed by atoms with van der Waals surface area (Å²) in [6.07, 6.45) is 1.51. The van der Waals surface area contributed by atoms with Crippen molar-refractivity contribution >= 4 is 5.97 Å². The lowest BCUT2D eigenvalue weighted by molar-refractivity contribution is -0.140. The van der Waals surface area contributed by atoms with Gasteiger partial charge >= 0.3 is 5.97 Å². The number of aryl methyl sites for hydroxylation is 1. The molecule has 0 radical (unpaired) electrons. The molecule has 0 heterocycles. The second-order valence-electron chi connectivity index (χ2n) is 5.28. The van der Waals surface area contributed by atoms with E-state index in [9.17, 15) is 9.90 Å². The Kier molecular flexibility index (Phi) is 2.67. The van der Waals surface area contributed by atoms with Crippen LogP contribution in [-0.4, -0.2) is 11.1 Å². The second-order valence-corrected chi connectivity index (χ2v) is 5.28. The highest BCUT2D eigenvalue weighted by atomic mass is 16.4. The van der Waals surface area contributed by atoms with Gasteiger partial charge in [0.25, 0.3) is 0 Å². The van der Waals surface area contributed by atoms with Gasteiger partial charge < -0.3 is 5.11 Å². The number of hydrogen-bond acceptors (Lipinski definition) is 1. The van der Waals surface area contributed by atoms with Crippen molar-refractivity contribution in [3.63, 3.8) is 0 Å². The summed E-state index contributed by atoms with van der Waals surface area (Å²) in [6.45, 7) is 2.09. The molecule has 0 unspecified atom stereocenters. The maximum Gasteiger partial charge on any atom is 0.314 e. The Morgan fingerprint density at radius 1 is 1.05 bits per heavy atom. The number of carboxylic acid groups (broad SMARTS) is 1. The first-order valence-corrected chi connectivity index (χ1v) is 6.53. The van der Waals surface area contributed by atoms with Gasteiger partial charge in [-0.05, 0) is 42.0 Å². The van der Waals surface area contributed by atoms with Crippen LogP contribution < -0.4 is 0 Å². The number of benzene rings is 2. The molecule has 0 aliphatic heterocycles. The zero-order chi connectivity index (χ0) is 13.5. The molecule has 2 aromatic carbocycles. The van der Waals surface area contributed by atoms with Crippen molar-refractivity contribution in [1.82, 2.24) is 0 Å². The van der Waals surface area contributed by atoms with Crippen molar-refractivity contribution in [2.45, 2.75) is 25.2 Å². The van der Waals surface area contributed by atoms with Gasteiger partial charge in [0.05, 0.1) is 5.41 Å².